The first-order valence-corrected chi connectivity index (χ1v) is 8.02. The van der Waals surface area contributed by atoms with Crippen LogP contribution in [0.25, 0.3) is 10.9 Å². The number of H-pyrrole nitrogens is 1. The van der Waals surface area contributed by atoms with Gasteiger partial charge in [-0.2, -0.15) is 0 Å². The van der Waals surface area contributed by atoms with Gasteiger partial charge >= 0.3 is 0 Å². The van der Waals surface area contributed by atoms with Crippen LogP contribution in [-0.4, -0.2) is 23.2 Å². The molecule has 3 rings (SSSR count). The summed E-state index contributed by atoms with van der Waals surface area (Å²) in [7, 11) is 0. The van der Waals surface area contributed by atoms with Crippen LogP contribution in [0.1, 0.15) is 34.5 Å². The van der Waals surface area contributed by atoms with Gasteiger partial charge in [-0.3, -0.25) is 9.59 Å². The number of aromatic nitrogens is 1. The summed E-state index contributed by atoms with van der Waals surface area (Å²) in [4.78, 5) is 28.0. The summed E-state index contributed by atoms with van der Waals surface area (Å²) in [6.45, 7) is 4.26. The molecule has 24 heavy (non-hydrogen) atoms. The molecule has 3 aromatic rings. The molecular weight excluding hydrogens is 300 g/mol. The van der Waals surface area contributed by atoms with E-state index in [1.165, 1.54) is 0 Å². The molecule has 0 spiro atoms. The van der Waals surface area contributed by atoms with Crippen LogP contribution in [-0.2, 0) is 4.79 Å². The van der Waals surface area contributed by atoms with Gasteiger partial charge in [-0.1, -0.05) is 55.5 Å². The number of amides is 1. The quantitative estimate of drug-likeness (QED) is 0.557. The normalized spacial score (nSPS) is 12.1. The Morgan fingerprint density at radius 1 is 1.04 bits per heavy atom. The van der Waals surface area contributed by atoms with Crippen LogP contribution in [0.3, 0.4) is 0 Å². The lowest BCUT2D eigenvalue weighted by atomic mass is 10.0. The number of Topliss-reactive ketones (excluding diaryl/α,β-unsaturated/α-hetero) is 1. The Balaban J connectivity index is 1.73. The van der Waals surface area contributed by atoms with E-state index in [-0.39, 0.29) is 5.92 Å². The highest BCUT2D eigenvalue weighted by Gasteiger charge is 2.22. The first-order valence-electron chi connectivity index (χ1n) is 8.02. The van der Waals surface area contributed by atoms with Gasteiger partial charge in [-0.05, 0) is 24.5 Å². The average Bonchev–Trinajstić information content (AvgIpc) is 2.95. The molecule has 1 amide bonds. The molecule has 0 saturated carbocycles. The van der Waals surface area contributed by atoms with Crippen LogP contribution in [0, 0.1) is 6.92 Å². The van der Waals surface area contributed by atoms with E-state index in [4.69, 9.17) is 0 Å². The maximum absolute atomic E-state index is 12.6. The maximum atomic E-state index is 12.6. The van der Waals surface area contributed by atoms with E-state index in [9.17, 15) is 9.59 Å². The number of ketones is 1. The maximum Gasteiger partial charge on any atom is 0.292 e. The minimum atomic E-state index is -0.564. The van der Waals surface area contributed by atoms with Gasteiger partial charge in [0.1, 0.15) is 0 Å². The first-order chi connectivity index (χ1) is 11.6. The number of carbonyl (C=O) groups is 2. The molecule has 0 bridgehead atoms. The van der Waals surface area contributed by atoms with E-state index < -0.39 is 11.7 Å². The summed E-state index contributed by atoms with van der Waals surface area (Å²) in [5.74, 6) is -0.914. The Kier molecular flexibility index (Phi) is 4.47. The zero-order chi connectivity index (χ0) is 17.1. The van der Waals surface area contributed by atoms with Gasteiger partial charge in [-0.25, -0.2) is 0 Å². The van der Waals surface area contributed by atoms with E-state index in [2.05, 4.69) is 10.3 Å². The Bertz CT molecular complexity index is 881. The molecule has 4 heteroatoms. The predicted molar refractivity (Wildman–Crippen MR) is 95.2 cm³/mol. The highest BCUT2D eigenvalue weighted by molar-refractivity contribution is 6.45. The summed E-state index contributed by atoms with van der Waals surface area (Å²) >= 11 is 0. The Morgan fingerprint density at radius 2 is 1.71 bits per heavy atom. The van der Waals surface area contributed by atoms with Crippen LogP contribution < -0.4 is 5.32 Å². The van der Waals surface area contributed by atoms with Gasteiger partial charge in [0, 0.05) is 23.1 Å². The number of fused-ring (bicyclic) bond motifs is 1. The summed E-state index contributed by atoms with van der Waals surface area (Å²) in [5.41, 5.74) is 3.17. The molecule has 2 N–H and O–H groups in total. The third-order valence-electron chi connectivity index (χ3n) is 4.26. The number of benzene rings is 2. The van der Waals surface area contributed by atoms with Gasteiger partial charge in [0.15, 0.2) is 0 Å². The van der Waals surface area contributed by atoms with Gasteiger partial charge < -0.3 is 10.3 Å². The topological polar surface area (TPSA) is 62.0 Å². The Labute approximate surface area is 140 Å². The monoisotopic (exact) mass is 320 g/mol. The zero-order valence-corrected chi connectivity index (χ0v) is 13.8. The number of carbonyl (C=O) groups excluding carboxylic acids is 2. The van der Waals surface area contributed by atoms with Crippen LogP contribution in [0.15, 0.2) is 54.6 Å². The Morgan fingerprint density at radius 3 is 2.46 bits per heavy atom. The highest BCUT2D eigenvalue weighted by atomic mass is 16.2. The average molecular weight is 320 g/mol. The predicted octanol–water partition coefficient (Wildman–Crippen LogP) is 3.58. The standard InChI is InChI=1S/C20H20N2O2/c1-13(15-8-4-3-5-9-15)12-21-20(24)19(23)18-14(2)22-17-11-7-6-10-16(17)18/h3-11,13,22H,12H2,1-2H3,(H,21,24)/t13-/m1/s1. The number of aryl methyl sites for hydroxylation is 1. The molecule has 0 aliphatic carbocycles. The van der Waals surface area contributed by atoms with E-state index in [1.807, 2.05) is 68.4 Å². The molecule has 0 unspecified atom stereocenters. The molecule has 2 aromatic carbocycles. The third-order valence-corrected chi connectivity index (χ3v) is 4.26. The molecular formula is C20H20N2O2. The largest absolute Gasteiger partial charge is 0.358 e. The third kappa shape index (κ3) is 3.08. The molecule has 1 aromatic heterocycles. The number of hydrogen-bond acceptors (Lipinski definition) is 2. The van der Waals surface area contributed by atoms with Gasteiger partial charge in [0.25, 0.3) is 11.7 Å². The van der Waals surface area contributed by atoms with Crippen molar-refractivity contribution in [3.8, 4) is 0 Å². The molecule has 0 aliphatic rings. The lowest BCUT2D eigenvalue weighted by molar-refractivity contribution is -0.117. The van der Waals surface area contributed by atoms with Crippen molar-refractivity contribution in [1.82, 2.24) is 10.3 Å². The van der Waals surface area contributed by atoms with Crippen molar-refractivity contribution >= 4 is 22.6 Å². The SMILES string of the molecule is Cc1[nH]c2ccccc2c1C(=O)C(=O)NC[C@@H](C)c1ccccc1. The second-order valence-electron chi connectivity index (χ2n) is 6.02. The fourth-order valence-corrected chi connectivity index (χ4v) is 2.91. The number of nitrogens with one attached hydrogen (secondary N) is 2. The van der Waals surface area contributed by atoms with Gasteiger partial charge in [0.2, 0.25) is 0 Å². The van der Waals surface area contributed by atoms with E-state index in [0.717, 1.165) is 16.5 Å². The van der Waals surface area contributed by atoms with Crippen molar-refractivity contribution in [2.24, 2.45) is 0 Å². The summed E-state index contributed by atoms with van der Waals surface area (Å²) < 4.78 is 0. The first kappa shape index (κ1) is 16.0. The fraction of sp³-hybridized carbons (Fsp3) is 0.200. The minimum Gasteiger partial charge on any atom is -0.358 e. The van der Waals surface area contributed by atoms with E-state index in [1.54, 1.807) is 0 Å². The second kappa shape index (κ2) is 6.71. The van der Waals surface area contributed by atoms with Crippen LogP contribution >= 0.6 is 0 Å². The molecule has 0 radical (unpaired) electrons. The zero-order valence-electron chi connectivity index (χ0n) is 13.8. The smallest absolute Gasteiger partial charge is 0.292 e. The summed E-state index contributed by atoms with van der Waals surface area (Å²) in [6, 6.07) is 17.4. The second-order valence-corrected chi connectivity index (χ2v) is 6.02. The van der Waals surface area contributed by atoms with Gasteiger partial charge in [0.05, 0.1) is 5.56 Å². The molecule has 4 nitrogen and oxygen atoms in total. The molecule has 0 aliphatic heterocycles. The van der Waals surface area contributed by atoms with Crippen molar-refractivity contribution in [1.29, 1.82) is 0 Å². The molecule has 122 valence electrons. The van der Waals surface area contributed by atoms with Crippen molar-refractivity contribution in [3.05, 3.63) is 71.4 Å². The summed E-state index contributed by atoms with van der Waals surface area (Å²) in [5, 5.41) is 3.54. The molecule has 0 saturated heterocycles. The molecule has 0 fully saturated rings. The lowest BCUT2D eigenvalue weighted by Gasteiger charge is -2.12. The van der Waals surface area contributed by atoms with Crippen LogP contribution in [0.2, 0.25) is 0 Å². The fourth-order valence-electron chi connectivity index (χ4n) is 2.91. The number of hydrogen-bond donors (Lipinski definition) is 2. The highest BCUT2D eigenvalue weighted by Crippen LogP contribution is 2.22. The minimum absolute atomic E-state index is 0.145. The number of rotatable bonds is 5. The van der Waals surface area contributed by atoms with Crippen LogP contribution in [0.5, 0.6) is 0 Å². The molecule has 1 heterocycles. The van der Waals surface area contributed by atoms with Crippen molar-refractivity contribution in [2.75, 3.05) is 6.54 Å². The van der Waals surface area contributed by atoms with Crippen molar-refractivity contribution < 1.29 is 9.59 Å². The Hall–Kier alpha value is -2.88. The van der Waals surface area contributed by atoms with Crippen molar-refractivity contribution in [2.45, 2.75) is 19.8 Å². The number of para-hydroxylation sites is 1. The summed E-state index contributed by atoms with van der Waals surface area (Å²) in [6.07, 6.45) is 0. The molecule has 1 atom stereocenters. The van der Waals surface area contributed by atoms with E-state index in [0.29, 0.717) is 17.8 Å². The van der Waals surface area contributed by atoms with Gasteiger partial charge in [-0.15, -0.1) is 0 Å². The van der Waals surface area contributed by atoms with Crippen molar-refractivity contribution in [3.63, 3.8) is 0 Å². The lowest BCUT2D eigenvalue weighted by Crippen LogP contribution is -2.33. The van der Waals surface area contributed by atoms with Crippen LogP contribution in [0.4, 0.5) is 0 Å². The number of aromatic amines is 1. The van der Waals surface area contributed by atoms with E-state index >= 15 is 0 Å².